The number of carbonyl (C=O) groups excluding carboxylic acids is 2. The molecule has 1 unspecified atom stereocenters. The molecule has 0 aliphatic rings. The van der Waals surface area contributed by atoms with Gasteiger partial charge in [-0.3, -0.25) is 9.59 Å². The number of benzene rings is 2. The second-order valence-electron chi connectivity index (χ2n) is 6.87. The van der Waals surface area contributed by atoms with Gasteiger partial charge in [-0.25, -0.2) is 0 Å². The molecule has 0 radical (unpaired) electrons. The largest absolute Gasteiger partial charge is 0.391 e. The van der Waals surface area contributed by atoms with Crippen molar-refractivity contribution in [1.29, 1.82) is 0 Å². The van der Waals surface area contributed by atoms with Crippen molar-refractivity contribution in [1.82, 2.24) is 10.6 Å². The molecule has 2 aromatic carbocycles. The summed E-state index contributed by atoms with van der Waals surface area (Å²) in [6.07, 6.45) is 3.03. The number of ketones is 2. The van der Waals surface area contributed by atoms with Crippen molar-refractivity contribution in [2.24, 2.45) is 0 Å². The standard InChI is InChI=1S/C24H28N2O3/c1-18(15-23(28)20-9-5-3-6-10-20)25-14-13-22(27)17-26-19(2)16-24(29)21-11-7-4-8-12-21/h3-12,15-16,22,25-27H,13-14,17H2,1-2H3/b18-15+,19-16+. The van der Waals surface area contributed by atoms with E-state index in [4.69, 9.17) is 0 Å². The third-order valence-corrected chi connectivity index (χ3v) is 4.31. The minimum absolute atomic E-state index is 0.0540. The average molecular weight is 392 g/mol. The maximum atomic E-state index is 12.1. The van der Waals surface area contributed by atoms with Gasteiger partial charge in [-0.1, -0.05) is 60.7 Å². The van der Waals surface area contributed by atoms with Crippen LogP contribution in [-0.4, -0.2) is 35.9 Å². The van der Waals surface area contributed by atoms with Gasteiger partial charge in [0.1, 0.15) is 0 Å². The van der Waals surface area contributed by atoms with Gasteiger partial charge in [0.15, 0.2) is 11.6 Å². The van der Waals surface area contributed by atoms with E-state index in [0.29, 0.717) is 36.3 Å². The van der Waals surface area contributed by atoms with E-state index in [9.17, 15) is 14.7 Å². The zero-order valence-corrected chi connectivity index (χ0v) is 16.9. The van der Waals surface area contributed by atoms with Gasteiger partial charge in [0.2, 0.25) is 0 Å². The topological polar surface area (TPSA) is 78.4 Å². The number of rotatable bonds is 11. The molecule has 5 nitrogen and oxygen atoms in total. The van der Waals surface area contributed by atoms with E-state index in [1.807, 2.05) is 43.3 Å². The molecule has 3 N–H and O–H groups in total. The fourth-order valence-electron chi connectivity index (χ4n) is 2.68. The van der Waals surface area contributed by atoms with Gasteiger partial charge in [-0.15, -0.1) is 0 Å². The molecule has 2 aromatic rings. The minimum atomic E-state index is -0.574. The van der Waals surface area contributed by atoms with Crippen molar-refractivity contribution in [3.05, 3.63) is 95.3 Å². The molecule has 0 heterocycles. The molecule has 0 saturated heterocycles. The quantitative estimate of drug-likeness (QED) is 0.403. The van der Waals surface area contributed by atoms with Crippen LogP contribution in [0.1, 0.15) is 41.0 Å². The predicted octanol–water partition coefficient (Wildman–Crippen LogP) is 3.49. The lowest BCUT2D eigenvalue weighted by molar-refractivity contribution is 0.103. The van der Waals surface area contributed by atoms with E-state index in [0.717, 1.165) is 5.70 Å². The lowest BCUT2D eigenvalue weighted by Gasteiger charge is -2.14. The van der Waals surface area contributed by atoms with Crippen molar-refractivity contribution < 1.29 is 14.7 Å². The molecule has 5 heteroatoms. The number of allylic oxidation sites excluding steroid dienone is 4. The number of carbonyl (C=O) groups is 2. The summed E-state index contributed by atoms with van der Waals surface area (Å²) in [5, 5.41) is 16.3. The summed E-state index contributed by atoms with van der Waals surface area (Å²) in [7, 11) is 0. The lowest BCUT2D eigenvalue weighted by atomic mass is 10.1. The van der Waals surface area contributed by atoms with Crippen LogP contribution >= 0.6 is 0 Å². The molecule has 1 atom stereocenters. The van der Waals surface area contributed by atoms with Crippen LogP contribution in [0.2, 0.25) is 0 Å². The second-order valence-corrected chi connectivity index (χ2v) is 6.87. The number of aliphatic hydroxyl groups is 1. The van der Waals surface area contributed by atoms with Gasteiger partial charge in [-0.2, -0.15) is 0 Å². The molecule has 0 aliphatic carbocycles. The Morgan fingerprint density at radius 3 is 1.76 bits per heavy atom. The molecule has 0 saturated carbocycles. The van der Waals surface area contributed by atoms with Crippen LogP contribution in [0.5, 0.6) is 0 Å². The Hall–Kier alpha value is -3.18. The van der Waals surface area contributed by atoms with Crippen LogP contribution in [0.3, 0.4) is 0 Å². The van der Waals surface area contributed by atoms with Crippen LogP contribution in [0.15, 0.2) is 84.2 Å². The van der Waals surface area contributed by atoms with E-state index in [-0.39, 0.29) is 11.6 Å². The highest BCUT2D eigenvalue weighted by atomic mass is 16.3. The molecule has 2 rings (SSSR count). The smallest absolute Gasteiger partial charge is 0.187 e. The first-order valence-corrected chi connectivity index (χ1v) is 9.67. The molecule has 0 spiro atoms. The van der Waals surface area contributed by atoms with Crippen LogP contribution in [-0.2, 0) is 0 Å². The number of aliphatic hydroxyl groups excluding tert-OH is 1. The van der Waals surface area contributed by atoms with Crippen LogP contribution in [0, 0.1) is 0 Å². The van der Waals surface area contributed by atoms with Crippen molar-refractivity contribution in [3.8, 4) is 0 Å². The fourth-order valence-corrected chi connectivity index (χ4v) is 2.68. The summed E-state index contributed by atoms with van der Waals surface area (Å²) in [6.45, 7) is 4.51. The third-order valence-electron chi connectivity index (χ3n) is 4.31. The Bertz CT molecular complexity index is 858. The summed E-state index contributed by atoms with van der Waals surface area (Å²) >= 11 is 0. The Morgan fingerprint density at radius 2 is 1.28 bits per heavy atom. The van der Waals surface area contributed by atoms with E-state index in [2.05, 4.69) is 10.6 Å². The van der Waals surface area contributed by atoms with Crippen molar-refractivity contribution >= 4 is 11.6 Å². The molecule has 29 heavy (non-hydrogen) atoms. The van der Waals surface area contributed by atoms with Crippen LogP contribution in [0.4, 0.5) is 0 Å². The second kappa shape index (κ2) is 11.6. The van der Waals surface area contributed by atoms with Gasteiger partial charge in [0.25, 0.3) is 0 Å². The Balaban J connectivity index is 1.70. The molecule has 0 amide bonds. The molecule has 0 bridgehead atoms. The molecule has 0 aliphatic heterocycles. The molecule has 0 aromatic heterocycles. The number of hydrogen-bond acceptors (Lipinski definition) is 5. The van der Waals surface area contributed by atoms with Gasteiger partial charge in [0.05, 0.1) is 6.10 Å². The highest BCUT2D eigenvalue weighted by Gasteiger charge is 2.06. The summed E-state index contributed by atoms with van der Waals surface area (Å²) in [4.78, 5) is 24.2. The number of nitrogens with one attached hydrogen (secondary N) is 2. The first kappa shape index (κ1) is 22.1. The highest BCUT2D eigenvalue weighted by Crippen LogP contribution is 2.04. The zero-order valence-electron chi connectivity index (χ0n) is 16.9. The Labute approximate surface area is 172 Å². The molecular formula is C24H28N2O3. The Morgan fingerprint density at radius 1 is 0.828 bits per heavy atom. The predicted molar refractivity (Wildman–Crippen MR) is 116 cm³/mol. The maximum absolute atomic E-state index is 12.1. The van der Waals surface area contributed by atoms with E-state index >= 15 is 0 Å². The van der Waals surface area contributed by atoms with Crippen LogP contribution < -0.4 is 10.6 Å². The minimum Gasteiger partial charge on any atom is -0.391 e. The maximum Gasteiger partial charge on any atom is 0.187 e. The summed E-state index contributed by atoms with van der Waals surface area (Å²) in [5.41, 5.74) is 2.73. The van der Waals surface area contributed by atoms with Crippen molar-refractivity contribution in [2.75, 3.05) is 13.1 Å². The van der Waals surface area contributed by atoms with Crippen LogP contribution in [0.25, 0.3) is 0 Å². The van der Waals surface area contributed by atoms with Gasteiger partial charge >= 0.3 is 0 Å². The van der Waals surface area contributed by atoms with E-state index < -0.39 is 6.10 Å². The van der Waals surface area contributed by atoms with Crippen molar-refractivity contribution in [3.63, 3.8) is 0 Å². The lowest BCUT2D eigenvalue weighted by Crippen LogP contribution is -2.29. The monoisotopic (exact) mass is 392 g/mol. The van der Waals surface area contributed by atoms with E-state index in [1.165, 1.54) is 6.08 Å². The average Bonchev–Trinajstić information content (AvgIpc) is 2.73. The third kappa shape index (κ3) is 8.15. The molecule has 152 valence electrons. The van der Waals surface area contributed by atoms with Crippen molar-refractivity contribution in [2.45, 2.75) is 26.4 Å². The summed E-state index contributed by atoms with van der Waals surface area (Å²) in [5.74, 6) is -0.128. The summed E-state index contributed by atoms with van der Waals surface area (Å²) < 4.78 is 0. The normalized spacial score (nSPS) is 12.9. The van der Waals surface area contributed by atoms with E-state index in [1.54, 1.807) is 37.3 Å². The highest BCUT2D eigenvalue weighted by molar-refractivity contribution is 6.05. The Kier molecular flexibility index (Phi) is 8.86. The van der Waals surface area contributed by atoms with Gasteiger partial charge in [-0.05, 0) is 20.3 Å². The van der Waals surface area contributed by atoms with Gasteiger partial charge < -0.3 is 15.7 Å². The SMILES string of the molecule is C/C(=C\C(=O)c1ccccc1)NCCC(O)CN/C(C)=C/C(=O)c1ccccc1. The summed E-state index contributed by atoms with van der Waals surface area (Å²) in [6, 6.07) is 18.1. The first-order chi connectivity index (χ1) is 14.0. The fraction of sp³-hybridized carbons (Fsp3) is 0.250. The zero-order chi connectivity index (χ0) is 21.1. The molecular weight excluding hydrogens is 364 g/mol. The number of hydrogen-bond donors (Lipinski definition) is 3. The molecule has 0 fully saturated rings. The van der Waals surface area contributed by atoms with Gasteiger partial charge in [0, 0.05) is 47.8 Å². The first-order valence-electron chi connectivity index (χ1n) is 9.67.